The molecular formula is C24H28BrNO8S. The fourth-order valence-corrected chi connectivity index (χ4v) is 5.93. The molecule has 0 saturated heterocycles. The molecule has 0 radical (unpaired) electrons. The number of benzene rings is 1. The Hall–Kier alpha value is -2.79. The van der Waals surface area contributed by atoms with Crippen LogP contribution in [0.3, 0.4) is 0 Å². The van der Waals surface area contributed by atoms with E-state index in [0.717, 1.165) is 29.7 Å². The van der Waals surface area contributed by atoms with E-state index in [-0.39, 0.29) is 23.7 Å². The van der Waals surface area contributed by atoms with E-state index in [0.29, 0.717) is 26.7 Å². The number of nitrogens with one attached hydrogen (secondary N) is 1. The third-order valence-corrected chi connectivity index (χ3v) is 7.52. The molecule has 190 valence electrons. The maximum Gasteiger partial charge on any atom is 0.341 e. The fraction of sp³-hybridized carbons (Fsp3) is 0.458. The number of methoxy groups -OCH3 is 3. The molecule has 1 unspecified atom stereocenters. The lowest BCUT2D eigenvalue weighted by Gasteiger charge is -2.18. The molecule has 0 saturated carbocycles. The van der Waals surface area contributed by atoms with Crippen LogP contribution in [0, 0.1) is 5.92 Å². The number of halogens is 1. The van der Waals surface area contributed by atoms with Crippen LogP contribution in [-0.4, -0.2) is 52.4 Å². The van der Waals surface area contributed by atoms with Crippen molar-refractivity contribution in [2.45, 2.75) is 33.1 Å². The first-order valence-corrected chi connectivity index (χ1v) is 12.6. The predicted octanol–water partition coefficient (Wildman–Crippen LogP) is 4.63. The van der Waals surface area contributed by atoms with Crippen LogP contribution in [0.4, 0.5) is 5.00 Å². The molecule has 9 nitrogen and oxygen atoms in total. The average molecular weight is 570 g/mol. The van der Waals surface area contributed by atoms with Crippen LogP contribution >= 0.6 is 27.3 Å². The number of ether oxygens (including phenoxy) is 5. The molecule has 35 heavy (non-hydrogen) atoms. The highest BCUT2D eigenvalue weighted by atomic mass is 79.9. The average Bonchev–Trinajstić information content (AvgIpc) is 3.18. The van der Waals surface area contributed by atoms with Gasteiger partial charge in [0.05, 0.1) is 43.5 Å². The van der Waals surface area contributed by atoms with Crippen molar-refractivity contribution in [3.05, 3.63) is 32.1 Å². The topological polar surface area (TPSA) is 109 Å². The molecule has 3 rings (SSSR count). The zero-order valence-electron chi connectivity index (χ0n) is 20.2. The van der Waals surface area contributed by atoms with Crippen LogP contribution in [-0.2, 0) is 27.1 Å². The van der Waals surface area contributed by atoms with Gasteiger partial charge < -0.3 is 29.0 Å². The molecule has 0 bridgehead atoms. The molecule has 1 aliphatic carbocycles. The Bertz CT molecular complexity index is 1130. The van der Waals surface area contributed by atoms with Gasteiger partial charge in [0.15, 0.2) is 18.1 Å². The SMILES string of the molecule is CCOC(=O)c1c(NC(=O)COC(=O)c2cc(OC)c(OC)c(OC)c2Br)sc2c1CCC(C)C2. The van der Waals surface area contributed by atoms with Crippen molar-refractivity contribution in [3.63, 3.8) is 0 Å². The van der Waals surface area contributed by atoms with E-state index in [1.54, 1.807) is 6.92 Å². The van der Waals surface area contributed by atoms with Crippen molar-refractivity contribution in [2.24, 2.45) is 5.92 Å². The molecule has 1 aliphatic rings. The second-order valence-corrected chi connectivity index (χ2v) is 9.81. The van der Waals surface area contributed by atoms with Gasteiger partial charge in [-0.15, -0.1) is 11.3 Å². The number of rotatable bonds is 9. The summed E-state index contributed by atoms with van der Waals surface area (Å²) in [5.41, 5.74) is 1.42. The zero-order valence-corrected chi connectivity index (χ0v) is 22.6. The summed E-state index contributed by atoms with van der Waals surface area (Å²) in [6.45, 7) is 3.57. The second kappa shape index (κ2) is 11.8. The summed E-state index contributed by atoms with van der Waals surface area (Å²) in [5, 5.41) is 3.14. The Balaban J connectivity index is 1.77. The number of esters is 2. The van der Waals surface area contributed by atoms with Gasteiger partial charge in [0.25, 0.3) is 5.91 Å². The van der Waals surface area contributed by atoms with Gasteiger partial charge in [-0.25, -0.2) is 9.59 Å². The molecule has 0 aliphatic heterocycles. The Morgan fingerprint density at radius 2 is 1.80 bits per heavy atom. The largest absolute Gasteiger partial charge is 0.493 e. The summed E-state index contributed by atoms with van der Waals surface area (Å²) in [5.74, 6) is -0.484. The summed E-state index contributed by atoms with van der Waals surface area (Å²) in [6, 6.07) is 1.43. The number of hydrogen-bond acceptors (Lipinski definition) is 9. The van der Waals surface area contributed by atoms with Crippen LogP contribution in [0.5, 0.6) is 17.2 Å². The van der Waals surface area contributed by atoms with E-state index in [1.807, 2.05) is 0 Å². The van der Waals surface area contributed by atoms with Gasteiger partial charge in [0.2, 0.25) is 5.75 Å². The van der Waals surface area contributed by atoms with Crippen molar-refractivity contribution < 1.29 is 38.1 Å². The Morgan fingerprint density at radius 3 is 2.43 bits per heavy atom. The van der Waals surface area contributed by atoms with E-state index in [2.05, 4.69) is 28.2 Å². The van der Waals surface area contributed by atoms with Crippen LogP contribution in [0.2, 0.25) is 0 Å². The number of carbonyl (C=O) groups excluding carboxylic acids is 3. The molecule has 11 heteroatoms. The smallest absolute Gasteiger partial charge is 0.341 e. The van der Waals surface area contributed by atoms with E-state index in [9.17, 15) is 14.4 Å². The minimum Gasteiger partial charge on any atom is -0.493 e. The van der Waals surface area contributed by atoms with Crippen LogP contribution in [0.1, 0.15) is 51.4 Å². The van der Waals surface area contributed by atoms with Gasteiger partial charge in [-0.1, -0.05) is 6.92 Å². The highest BCUT2D eigenvalue weighted by molar-refractivity contribution is 9.10. The third kappa shape index (κ3) is 5.72. The van der Waals surface area contributed by atoms with Crippen LogP contribution < -0.4 is 19.5 Å². The van der Waals surface area contributed by atoms with Crippen molar-refractivity contribution >= 4 is 50.1 Å². The number of anilines is 1. The lowest BCUT2D eigenvalue weighted by atomic mass is 9.88. The maximum absolute atomic E-state index is 12.8. The quantitative estimate of drug-likeness (QED) is 0.435. The first kappa shape index (κ1) is 26.8. The van der Waals surface area contributed by atoms with Crippen molar-refractivity contribution in [1.82, 2.24) is 0 Å². The number of amides is 1. The molecular weight excluding hydrogens is 542 g/mol. The first-order valence-electron chi connectivity index (χ1n) is 11.0. The zero-order chi connectivity index (χ0) is 25.7. The van der Waals surface area contributed by atoms with E-state index in [1.165, 1.54) is 38.7 Å². The lowest BCUT2D eigenvalue weighted by molar-refractivity contribution is -0.119. The Labute approximate surface area is 216 Å². The van der Waals surface area contributed by atoms with Gasteiger partial charge >= 0.3 is 11.9 Å². The van der Waals surface area contributed by atoms with Crippen LogP contribution in [0.25, 0.3) is 0 Å². The van der Waals surface area contributed by atoms with Crippen molar-refractivity contribution in [3.8, 4) is 17.2 Å². The maximum atomic E-state index is 12.8. The summed E-state index contributed by atoms with van der Waals surface area (Å²) in [6.07, 6.45) is 2.55. The number of fused-ring (bicyclic) bond motifs is 1. The Kier molecular flexibility index (Phi) is 9.01. The second-order valence-electron chi connectivity index (χ2n) is 7.91. The Morgan fingerprint density at radius 1 is 1.09 bits per heavy atom. The highest BCUT2D eigenvalue weighted by Crippen LogP contribution is 2.45. The molecule has 1 heterocycles. The summed E-state index contributed by atoms with van der Waals surface area (Å²) in [7, 11) is 4.30. The van der Waals surface area contributed by atoms with Gasteiger partial charge in [-0.05, 0) is 59.7 Å². The lowest BCUT2D eigenvalue weighted by Crippen LogP contribution is -2.22. The summed E-state index contributed by atoms with van der Waals surface area (Å²) >= 11 is 4.69. The normalized spacial score (nSPS) is 14.5. The van der Waals surface area contributed by atoms with Gasteiger partial charge in [0, 0.05) is 4.88 Å². The molecule has 1 amide bonds. The standard InChI is InChI=1S/C24H28BrNO8S/c1-6-33-24(29)18-13-8-7-12(2)9-16(13)35-22(18)26-17(27)11-34-23(28)14-10-15(30-3)20(31-4)21(32-5)19(14)25/h10,12H,6-9,11H2,1-5H3,(H,26,27). The molecule has 0 spiro atoms. The highest BCUT2D eigenvalue weighted by Gasteiger charge is 2.30. The van der Waals surface area contributed by atoms with Crippen LogP contribution in [0.15, 0.2) is 10.5 Å². The van der Waals surface area contributed by atoms with E-state index >= 15 is 0 Å². The minimum absolute atomic E-state index is 0.0973. The van der Waals surface area contributed by atoms with Crippen molar-refractivity contribution in [1.29, 1.82) is 0 Å². The van der Waals surface area contributed by atoms with Crippen molar-refractivity contribution in [2.75, 3.05) is 39.9 Å². The first-order chi connectivity index (χ1) is 16.7. The summed E-state index contributed by atoms with van der Waals surface area (Å²) in [4.78, 5) is 39.1. The van der Waals surface area contributed by atoms with E-state index in [4.69, 9.17) is 23.7 Å². The molecule has 1 aromatic heterocycles. The molecule has 2 aromatic rings. The van der Waals surface area contributed by atoms with E-state index < -0.39 is 24.5 Å². The third-order valence-electron chi connectivity index (χ3n) is 5.57. The van der Waals surface area contributed by atoms with Gasteiger partial charge in [-0.2, -0.15) is 0 Å². The number of thiophene rings is 1. The van der Waals surface area contributed by atoms with Gasteiger partial charge in [0.1, 0.15) is 5.00 Å². The molecule has 1 N–H and O–H groups in total. The minimum atomic E-state index is -0.767. The fourth-order valence-electron chi connectivity index (χ4n) is 3.90. The number of carbonyl (C=O) groups is 3. The predicted molar refractivity (Wildman–Crippen MR) is 134 cm³/mol. The summed E-state index contributed by atoms with van der Waals surface area (Å²) < 4.78 is 26.7. The van der Waals surface area contributed by atoms with Gasteiger partial charge in [-0.3, -0.25) is 4.79 Å². The molecule has 1 aromatic carbocycles. The molecule has 1 atom stereocenters. The molecule has 0 fully saturated rings. The monoisotopic (exact) mass is 569 g/mol. The number of hydrogen-bond donors (Lipinski definition) is 1.